The van der Waals surface area contributed by atoms with Gasteiger partial charge in [-0.3, -0.25) is 0 Å². The molecular formula is C9H10BrCl. The molecule has 11 heavy (non-hydrogen) atoms. The van der Waals surface area contributed by atoms with Crippen molar-refractivity contribution in [3.05, 3.63) is 34.9 Å². The summed E-state index contributed by atoms with van der Waals surface area (Å²) in [7, 11) is 0. The van der Waals surface area contributed by atoms with Crippen LogP contribution in [-0.4, -0.2) is 0 Å². The fourth-order valence-corrected chi connectivity index (χ4v) is 1.42. The molecule has 0 bridgehead atoms. The topological polar surface area (TPSA) is 0 Å². The minimum atomic E-state index is 0.432. The van der Waals surface area contributed by atoms with Gasteiger partial charge in [-0.2, -0.15) is 0 Å². The molecule has 1 unspecified atom stereocenters. The zero-order chi connectivity index (χ0) is 8.27. The largest absolute Gasteiger partial charge is 0.0843 e. The second kappa shape index (κ2) is 4.13. The molecule has 1 aromatic rings. The van der Waals surface area contributed by atoms with Gasteiger partial charge >= 0.3 is 0 Å². The second-order valence-electron chi connectivity index (χ2n) is 2.43. The van der Waals surface area contributed by atoms with E-state index in [1.807, 2.05) is 18.2 Å². The summed E-state index contributed by atoms with van der Waals surface area (Å²) in [6, 6.07) is 7.93. The Balaban J connectivity index is 2.86. The summed E-state index contributed by atoms with van der Waals surface area (Å²) < 4.78 is 0. The van der Waals surface area contributed by atoms with Gasteiger partial charge in [-0.05, 0) is 24.1 Å². The molecule has 0 saturated heterocycles. The van der Waals surface area contributed by atoms with Crippen molar-refractivity contribution in [1.82, 2.24) is 0 Å². The minimum absolute atomic E-state index is 0.432. The third-order valence-electron chi connectivity index (χ3n) is 1.57. The van der Waals surface area contributed by atoms with Crippen molar-refractivity contribution in [1.29, 1.82) is 0 Å². The van der Waals surface area contributed by atoms with Gasteiger partial charge in [-0.15, -0.1) is 0 Å². The maximum absolute atomic E-state index is 5.83. The Bertz CT molecular complexity index is 235. The molecule has 0 aliphatic heterocycles. The normalized spacial score (nSPS) is 13.0. The van der Waals surface area contributed by atoms with Gasteiger partial charge in [-0.25, -0.2) is 0 Å². The number of benzene rings is 1. The lowest BCUT2D eigenvalue weighted by molar-refractivity contribution is 0.911. The Morgan fingerprint density at radius 2 is 2.27 bits per heavy atom. The third-order valence-corrected chi connectivity index (χ3v) is 2.98. The van der Waals surface area contributed by atoms with Gasteiger partial charge in [0, 0.05) is 9.85 Å². The van der Waals surface area contributed by atoms with Crippen molar-refractivity contribution in [3.63, 3.8) is 0 Å². The van der Waals surface area contributed by atoms with Crippen molar-refractivity contribution >= 4 is 27.5 Å². The molecule has 0 N–H and O–H groups in total. The van der Waals surface area contributed by atoms with Gasteiger partial charge in [0.2, 0.25) is 0 Å². The number of hydrogen-bond donors (Lipinski definition) is 0. The predicted molar refractivity (Wildman–Crippen MR) is 53.4 cm³/mol. The lowest BCUT2D eigenvalue weighted by atomic mass is 10.1. The lowest BCUT2D eigenvalue weighted by Gasteiger charge is -2.06. The van der Waals surface area contributed by atoms with Crippen LogP contribution in [0.2, 0.25) is 5.02 Å². The molecule has 0 fully saturated rings. The molecule has 0 aromatic heterocycles. The van der Waals surface area contributed by atoms with Gasteiger partial charge in [-0.1, -0.05) is 46.6 Å². The van der Waals surface area contributed by atoms with Crippen LogP contribution in [-0.2, 0) is 0 Å². The van der Waals surface area contributed by atoms with E-state index in [1.54, 1.807) is 0 Å². The fraction of sp³-hybridized carbons (Fsp3) is 0.333. The van der Waals surface area contributed by atoms with Crippen LogP contribution in [0, 0.1) is 0 Å². The van der Waals surface area contributed by atoms with Gasteiger partial charge in [0.1, 0.15) is 0 Å². The van der Waals surface area contributed by atoms with Crippen molar-refractivity contribution in [2.75, 3.05) is 0 Å². The van der Waals surface area contributed by atoms with Gasteiger partial charge in [0.05, 0.1) is 0 Å². The van der Waals surface area contributed by atoms with E-state index in [0.29, 0.717) is 4.83 Å². The van der Waals surface area contributed by atoms with Crippen LogP contribution in [0.5, 0.6) is 0 Å². The zero-order valence-corrected chi connectivity index (χ0v) is 8.69. The Hall–Kier alpha value is -0.0100. The maximum atomic E-state index is 5.83. The molecule has 0 heterocycles. The minimum Gasteiger partial charge on any atom is -0.0843 e. The highest BCUT2D eigenvalue weighted by molar-refractivity contribution is 9.09. The number of alkyl halides is 1. The molecule has 0 amide bonds. The van der Waals surface area contributed by atoms with Crippen molar-refractivity contribution in [2.45, 2.75) is 18.2 Å². The summed E-state index contributed by atoms with van der Waals surface area (Å²) in [4.78, 5) is 0.432. The van der Waals surface area contributed by atoms with E-state index in [4.69, 9.17) is 11.6 Å². The summed E-state index contributed by atoms with van der Waals surface area (Å²) in [5.41, 5.74) is 1.25. The van der Waals surface area contributed by atoms with Crippen LogP contribution in [0.25, 0.3) is 0 Å². The Labute approximate surface area is 80.7 Å². The highest BCUT2D eigenvalue weighted by Crippen LogP contribution is 2.27. The molecule has 1 rings (SSSR count). The molecule has 0 nitrogen and oxygen atoms in total. The van der Waals surface area contributed by atoms with Crippen LogP contribution in [0.3, 0.4) is 0 Å². The Morgan fingerprint density at radius 1 is 1.55 bits per heavy atom. The molecule has 2 heteroatoms. The standard InChI is InChI=1S/C9H10BrCl/c1-2-9(10)7-4-3-5-8(11)6-7/h3-6,9H,2H2,1H3. The summed E-state index contributed by atoms with van der Waals surface area (Å²) in [6.07, 6.45) is 1.08. The average Bonchev–Trinajstić information content (AvgIpc) is 2.03. The summed E-state index contributed by atoms with van der Waals surface area (Å²) in [5, 5.41) is 0.806. The summed E-state index contributed by atoms with van der Waals surface area (Å²) >= 11 is 9.39. The lowest BCUT2D eigenvalue weighted by Crippen LogP contribution is -1.85. The van der Waals surface area contributed by atoms with E-state index in [1.165, 1.54) is 5.56 Å². The molecule has 0 saturated carbocycles. The van der Waals surface area contributed by atoms with E-state index in [9.17, 15) is 0 Å². The summed E-state index contributed by atoms with van der Waals surface area (Å²) in [5.74, 6) is 0. The fourth-order valence-electron chi connectivity index (χ4n) is 0.937. The first-order chi connectivity index (χ1) is 5.24. The smallest absolute Gasteiger partial charge is 0.0409 e. The maximum Gasteiger partial charge on any atom is 0.0409 e. The van der Waals surface area contributed by atoms with E-state index >= 15 is 0 Å². The van der Waals surface area contributed by atoms with Gasteiger partial charge in [0.25, 0.3) is 0 Å². The zero-order valence-electron chi connectivity index (χ0n) is 6.35. The van der Waals surface area contributed by atoms with Crippen LogP contribution in [0.1, 0.15) is 23.7 Å². The van der Waals surface area contributed by atoms with Crippen LogP contribution >= 0.6 is 27.5 Å². The number of hydrogen-bond acceptors (Lipinski definition) is 0. The van der Waals surface area contributed by atoms with E-state index in [-0.39, 0.29) is 0 Å². The van der Waals surface area contributed by atoms with Gasteiger partial charge in [0.15, 0.2) is 0 Å². The first-order valence-electron chi connectivity index (χ1n) is 3.63. The molecular weight excluding hydrogens is 223 g/mol. The van der Waals surface area contributed by atoms with Crippen molar-refractivity contribution < 1.29 is 0 Å². The van der Waals surface area contributed by atoms with E-state index < -0.39 is 0 Å². The molecule has 0 spiro atoms. The highest BCUT2D eigenvalue weighted by Gasteiger charge is 2.03. The first kappa shape index (κ1) is 9.08. The van der Waals surface area contributed by atoms with Crippen LogP contribution in [0.15, 0.2) is 24.3 Å². The van der Waals surface area contributed by atoms with Crippen LogP contribution < -0.4 is 0 Å². The van der Waals surface area contributed by atoms with Gasteiger partial charge < -0.3 is 0 Å². The van der Waals surface area contributed by atoms with E-state index in [0.717, 1.165) is 11.4 Å². The molecule has 1 atom stereocenters. The monoisotopic (exact) mass is 232 g/mol. The Morgan fingerprint density at radius 3 is 2.82 bits per heavy atom. The Kier molecular flexibility index (Phi) is 3.41. The van der Waals surface area contributed by atoms with Crippen molar-refractivity contribution in [3.8, 4) is 0 Å². The average molecular weight is 234 g/mol. The molecule has 0 radical (unpaired) electrons. The van der Waals surface area contributed by atoms with Crippen molar-refractivity contribution in [2.24, 2.45) is 0 Å². The molecule has 60 valence electrons. The third kappa shape index (κ3) is 2.49. The quantitative estimate of drug-likeness (QED) is 0.672. The SMILES string of the molecule is CCC(Br)c1cccc(Cl)c1. The second-order valence-corrected chi connectivity index (χ2v) is 3.97. The van der Waals surface area contributed by atoms with E-state index in [2.05, 4.69) is 28.9 Å². The van der Waals surface area contributed by atoms with Crippen LogP contribution in [0.4, 0.5) is 0 Å². The summed E-state index contributed by atoms with van der Waals surface area (Å²) in [6.45, 7) is 2.14. The highest BCUT2D eigenvalue weighted by atomic mass is 79.9. The molecule has 0 aliphatic carbocycles. The number of halogens is 2. The number of rotatable bonds is 2. The predicted octanol–water partition coefficient (Wildman–Crippen LogP) is 4.19. The molecule has 1 aromatic carbocycles. The molecule has 0 aliphatic rings. The first-order valence-corrected chi connectivity index (χ1v) is 4.93.